The molecule has 0 unspecified atom stereocenters. The average Bonchev–Trinajstić information content (AvgIpc) is 3.55. The summed E-state index contributed by atoms with van der Waals surface area (Å²) in [5.74, 6) is 3.18. The van der Waals surface area contributed by atoms with E-state index in [4.69, 9.17) is 24.4 Å². The summed E-state index contributed by atoms with van der Waals surface area (Å²) in [6, 6.07) is 45.2. The summed E-state index contributed by atoms with van der Waals surface area (Å²) in [6.07, 6.45) is 0. The van der Waals surface area contributed by atoms with E-state index in [9.17, 15) is 0 Å². The Morgan fingerprint density at radius 1 is 0.608 bits per heavy atom. The molecule has 51 heavy (non-hydrogen) atoms. The van der Waals surface area contributed by atoms with Crippen molar-refractivity contribution in [1.82, 2.24) is 19.5 Å². The molecule has 8 heteroatoms. The second-order valence-electron chi connectivity index (χ2n) is 12.3. The number of hydrogen-bond acceptors (Lipinski definition) is 7. The molecule has 0 amide bonds. The molecule has 0 atom stereocenters. The van der Waals surface area contributed by atoms with Crippen LogP contribution in [0.15, 0.2) is 138 Å². The van der Waals surface area contributed by atoms with Crippen LogP contribution in [0.1, 0.15) is 5.56 Å². The lowest BCUT2D eigenvalue weighted by molar-refractivity contribution is 0.415. The van der Waals surface area contributed by atoms with Gasteiger partial charge in [-0.1, -0.05) is 54.6 Å². The molecule has 0 saturated heterocycles. The maximum absolute atomic E-state index is 5.43. The van der Waals surface area contributed by atoms with Crippen LogP contribution < -0.4 is 14.4 Å². The van der Waals surface area contributed by atoms with Crippen molar-refractivity contribution in [2.75, 3.05) is 19.1 Å². The molecular formula is C43H32N6O2. The molecule has 2 aromatic heterocycles. The standard InChI is InChI=1S/C43H32N6O2/c1-44-34-12-6-9-15-37(34)48-26-29-20-25-38-40(39(29)32-10-4-7-13-35(32)48)33-11-5-8-14-36(33)49(38)43-46-41(27-16-21-30(50-2)22-17-27)45-42(47-43)28-18-23-31(51-3)24-19-28/h4-25H,1,26H2,2-3H3. The first kappa shape index (κ1) is 30.3. The molecule has 9 rings (SSSR count). The van der Waals surface area contributed by atoms with Gasteiger partial charge in [0, 0.05) is 39.7 Å². The molecule has 1 aliphatic heterocycles. The maximum atomic E-state index is 5.43. The second-order valence-corrected chi connectivity index (χ2v) is 12.3. The van der Waals surface area contributed by atoms with E-state index in [0.29, 0.717) is 24.1 Å². The zero-order chi connectivity index (χ0) is 34.5. The van der Waals surface area contributed by atoms with Crippen LogP contribution in [0.5, 0.6) is 11.5 Å². The Balaban J connectivity index is 1.30. The third-order valence-corrected chi connectivity index (χ3v) is 9.58. The van der Waals surface area contributed by atoms with Crippen molar-refractivity contribution in [2.24, 2.45) is 4.99 Å². The Morgan fingerprint density at radius 3 is 1.88 bits per heavy atom. The first-order chi connectivity index (χ1) is 25.1. The molecule has 8 aromatic rings. The minimum atomic E-state index is 0.532. The predicted molar refractivity (Wildman–Crippen MR) is 205 cm³/mol. The number of benzene rings is 6. The fourth-order valence-electron chi connectivity index (χ4n) is 7.18. The van der Waals surface area contributed by atoms with Gasteiger partial charge in [-0.2, -0.15) is 9.97 Å². The summed E-state index contributed by atoms with van der Waals surface area (Å²) in [4.78, 5) is 21.9. The molecule has 0 spiro atoms. The molecule has 0 N–H and O–H groups in total. The van der Waals surface area contributed by atoms with Gasteiger partial charge in [0.2, 0.25) is 5.95 Å². The van der Waals surface area contributed by atoms with Crippen LogP contribution in [0.3, 0.4) is 0 Å². The Labute approximate surface area is 294 Å². The number of hydrogen-bond donors (Lipinski definition) is 0. The summed E-state index contributed by atoms with van der Waals surface area (Å²) < 4.78 is 13.0. The van der Waals surface area contributed by atoms with Gasteiger partial charge in [-0.05, 0) is 96.7 Å². The number of methoxy groups -OCH3 is 2. The Bertz CT molecular complexity index is 2550. The van der Waals surface area contributed by atoms with Crippen molar-refractivity contribution in [3.63, 3.8) is 0 Å². The first-order valence-corrected chi connectivity index (χ1v) is 16.7. The lowest BCUT2D eigenvalue weighted by Gasteiger charge is -2.34. The van der Waals surface area contributed by atoms with Gasteiger partial charge in [-0.25, -0.2) is 4.98 Å². The van der Waals surface area contributed by atoms with Crippen LogP contribution in [-0.4, -0.2) is 40.5 Å². The third-order valence-electron chi connectivity index (χ3n) is 9.58. The summed E-state index contributed by atoms with van der Waals surface area (Å²) >= 11 is 0. The Morgan fingerprint density at radius 2 is 1.22 bits per heavy atom. The van der Waals surface area contributed by atoms with E-state index in [1.807, 2.05) is 66.7 Å². The van der Waals surface area contributed by atoms with Crippen molar-refractivity contribution in [2.45, 2.75) is 6.54 Å². The van der Waals surface area contributed by atoms with Crippen molar-refractivity contribution >= 4 is 45.6 Å². The van der Waals surface area contributed by atoms with Gasteiger partial charge in [0.25, 0.3) is 0 Å². The van der Waals surface area contributed by atoms with Crippen LogP contribution in [-0.2, 0) is 6.54 Å². The lowest BCUT2D eigenvalue weighted by atomic mass is 9.89. The van der Waals surface area contributed by atoms with Crippen molar-refractivity contribution < 1.29 is 9.47 Å². The van der Waals surface area contributed by atoms with Crippen LogP contribution >= 0.6 is 0 Å². The highest BCUT2D eigenvalue weighted by Gasteiger charge is 2.29. The molecular weight excluding hydrogens is 633 g/mol. The Kier molecular flexibility index (Phi) is 7.28. The zero-order valence-electron chi connectivity index (χ0n) is 28.1. The van der Waals surface area contributed by atoms with E-state index in [1.165, 1.54) is 11.1 Å². The van der Waals surface area contributed by atoms with Gasteiger partial charge in [0.05, 0.1) is 36.6 Å². The molecule has 1 aliphatic rings. The smallest absolute Gasteiger partial charge is 0.238 e. The molecule has 6 aromatic carbocycles. The molecule has 8 nitrogen and oxygen atoms in total. The number of nitrogens with zero attached hydrogens (tertiary/aromatic N) is 6. The van der Waals surface area contributed by atoms with Gasteiger partial charge in [-0.15, -0.1) is 0 Å². The van der Waals surface area contributed by atoms with Crippen molar-refractivity contribution in [1.29, 1.82) is 0 Å². The minimum Gasteiger partial charge on any atom is -0.497 e. The van der Waals surface area contributed by atoms with Gasteiger partial charge in [0.1, 0.15) is 11.5 Å². The van der Waals surface area contributed by atoms with E-state index in [0.717, 1.165) is 67.1 Å². The highest BCUT2D eigenvalue weighted by Crippen LogP contribution is 2.49. The highest BCUT2D eigenvalue weighted by atomic mass is 16.5. The number of aliphatic imine (C=N–C) groups is 1. The predicted octanol–water partition coefficient (Wildman–Crippen LogP) is 9.97. The zero-order valence-corrected chi connectivity index (χ0v) is 28.1. The molecule has 3 heterocycles. The fourth-order valence-corrected chi connectivity index (χ4v) is 7.18. The first-order valence-electron chi connectivity index (χ1n) is 16.7. The van der Waals surface area contributed by atoms with E-state index < -0.39 is 0 Å². The van der Waals surface area contributed by atoms with E-state index in [1.54, 1.807) is 14.2 Å². The summed E-state index contributed by atoms with van der Waals surface area (Å²) in [5.41, 5.74) is 10.3. The van der Waals surface area contributed by atoms with Crippen LogP contribution in [0, 0.1) is 0 Å². The topological polar surface area (TPSA) is 77.7 Å². The van der Waals surface area contributed by atoms with E-state index in [-0.39, 0.29) is 0 Å². The van der Waals surface area contributed by atoms with Crippen LogP contribution in [0.4, 0.5) is 17.1 Å². The number of para-hydroxylation sites is 4. The fraction of sp³-hybridized carbons (Fsp3) is 0.0698. The highest BCUT2D eigenvalue weighted by molar-refractivity contribution is 6.18. The molecule has 246 valence electrons. The largest absolute Gasteiger partial charge is 0.497 e. The molecule has 0 saturated carbocycles. The summed E-state index contributed by atoms with van der Waals surface area (Å²) in [7, 11) is 3.32. The quantitative estimate of drug-likeness (QED) is 0.158. The van der Waals surface area contributed by atoms with Gasteiger partial charge in [-0.3, -0.25) is 9.56 Å². The second kappa shape index (κ2) is 12.3. The maximum Gasteiger partial charge on any atom is 0.238 e. The Hall–Kier alpha value is -6.80. The molecule has 0 radical (unpaired) electrons. The average molecular weight is 665 g/mol. The lowest BCUT2D eigenvalue weighted by Crippen LogP contribution is -2.21. The monoisotopic (exact) mass is 664 g/mol. The van der Waals surface area contributed by atoms with Gasteiger partial charge >= 0.3 is 0 Å². The SMILES string of the molecule is C=Nc1ccccc1N1Cc2ccc3c(c2-c2ccccc21)c1ccccc1n3-c1nc(-c2ccc(OC)cc2)nc(-c2ccc(OC)cc2)n1. The molecule has 0 bridgehead atoms. The summed E-state index contributed by atoms with van der Waals surface area (Å²) in [5, 5.41) is 2.28. The number of ether oxygens (including phenoxy) is 2. The van der Waals surface area contributed by atoms with E-state index in [2.05, 4.69) is 87.9 Å². The van der Waals surface area contributed by atoms with Crippen LogP contribution in [0.25, 0.3) is 61.7 Å². The van der Waals surface area contributed by atoms with Crippen LogP contribution in [0.2, 0.25) is 0 Å². The van der Waals surface area contributed by atoms with Gasteiger partial charge in [0.15, 0.2) is 11.6 Å². The number of anilines is 2. The van der Waals surface area contributed by atoms with Gasteiger partial charge < -0.3 is 14.4 Å². The molecule has 0 fully saturated rings. The van der Waals surface area contributed by atoms with E-state index >= 15 is 0 Å². The number of fused-ring (bicyclic) bond motifs is 7. The number of aromatic nitrogens is 4. The molecule has 0 aliphatic carbocycles. The number of rotatable bonds is 7. The van der Waals surface area contributed by atoms with Crippen molar-refractivity contribution in [3.8, 4) is 51.3 Å². The summed E-state index contributed by atoms with van der Waals surface area (Å²) in [6.45, 7) is 4.54. The third kappa shape index (κ3) is 4.99. The minimum absolute atomic E-state index is 0.532. The normalized spacial score (nSPS) is 12.1. The van der Waals surface area contributed by atoms with Crippen molar-refractivity contribution in [3.05, 3.63) is 139 Å².